The van der Waals surface area contributed by atoms with Gasteiger partial charge < -0.3 is 14.6 Å². The Morgan fingerprint density at radius 2 is 1.64 bits per heavy atom. The number of alkyl halides is 1. The van der Waals surface area contributed by atoms with E-state index in [4.69, 9.17) is 9.47 Å². The first-order valence-corrected chi connectivity index (χ1v) is 8.86. The molecule has 1 saturated carbocycles. The summed E-state index contributed by atoms with van der Waals surface area (Å²) in [6.07, 6.45) is -0.581. The van der Waals surface area contributed by atoms with Gasteiger partial charge >= 0.3 is 0 Å². The average Bonchev–Trinajstić information content (AvgIpc) is 2.67. The van der Waals surface area contributed by atoms with Crippen LogP contribution in [0.15, 0.2) is 60.7 Å². The highest BCUT2D eigenvalue weighted by Gasteiger charge is 2.32. The van der Waals surface area contributed by atoms with Gasteiger partial charge in [0.2, 0.25) is 0 Å². The molecule has 0 aromatic heterocycles. The summed E-state index contributed by atoms with van der Waals surface area (Å²) in [6, 6.07) is 19.2. The van der Waals surface area contributed by atoms with Crippen molar-refractivity contribution in [2.24, 2.45) is 0 Å². The van der Waals surface area contributed by atoms with Crippen molar-refractivity contribution in [3.63, 3.8) is 0 Å². The van der Waals surface area contributed by atoms with E-state index >= 15 is 0 Å². The van der Waals surface area contributed by atoms with Gasteiger partial charge in [-0.3, -0.25) is 0 Å². The van der Waals surface area contributed by atoms with E-state index in [2.05, 4.69) is 0 Å². The minimum atomic E-state index is -1.06. The molecule has 25 heavy (non-hydrogen) atoms. The summed E-state index contributed by atoms with van der Waals surface area (Å²) in [5.41, 5.74) is 1.89. The van der Waals surface area contributed by atoms with Gasteiger partial charge in [0.25, 0.3) is 0 Å². The first kappa shape index (κ1) is 18.1. The topological polar surface area (TPSA) is 38.7 Å². The molecule has 0 saturated heterocycles. The molecule has 1 unspecified atom stereocenters. The number of benzene rings is 2. The fourth-order valence-electron chi connectivity index (χ4n) is 3.17. The largest absolute Gasteiger partial charge is 0.386 e. The van der Waals surface area contributed by atoms with Crippen molar-refractivity contribution in [3.8, 4) is 0 Å². The van der Waals surface area contributed by atoms with Gasteiger partial charge in [-0.25, -0.2) is 4.39 Å². The summed E-state index contributed by atoms with van der Waals surface area (Å²) in [6.45, 7) is 0.626. The van der Waals surface area contributed by atoms with Crippen molar-refractivity contribution < 1.29 is 19.0 Å². The van der Waals surface area contributed by atoms with Crippen molar-refractivity contribution in [2.45, 2.75) is 50.4 Å². The number of aliphatic hydroxyl groups excluding tert-OH is 1. The quantitative estimate of drug-likeness (QED) is 0.818. The van der Waals surface area contributed by atoms with Gasteiger partial charge in [0, 0.05) is 6.42 Å². The molecule has 3 nitrogen and oxygen atoms in total. The highest BCUT2D eigenvalue weighted by molar-refractivity contribution is 5.17. The molecular formula is C21H25FO3. The van der Waals surface area contributed by atoms with Crippen LogP contribution in [-0.4, -0.2) is 30.1 Å². The van der Waals surface area contributed by atoms with Gasteiger partial charge in [-0.2, -0.15) is 0 Å². The molecule has 0 bridgehead atoms. The normalized spacial score (nSPS) is 24.8. The number of hydrogen-bond donors (Lipinski definition) is 1. The molecule has 2 aromatic rings. The average molecular weight is 344 g/mol. The van der Waals surface area contributed by atoms with Gasteiger partial charge in [0.1, 0.15) is 12.3 Å². The molecule has 1 N–H and O–H groups in total. The molecule has 0 aliphatic heterocycles. The van der Waals surface area contributed by atoms with E-state index in [9.17, 15) is 9.50 Å². The van der Waals surface area contributed by atoms with Crippen LogP contribution in [0.1, 0.15) is 36.5 Å². The molecule has 1 aliphatic rings. The third-order valence-electron chi connectivity index (χ3n) is 4.65. The maximum Gasteiger partial charge on any atom is 0.129 e. The Morgan fingerprint density at radius 1 is 0.960 bits per heavy atom. The molecule has 0 spiro atoms. The van der Waals surface area contributed by atoms with Crippen LogP contribution in [0, 0.1) is 0 Å². The van der Waals surface area contributed by atoms with E-state index < -0.39 is 18.4 Å². The second kappa shape index (κ2) is 9.09. The van der Waals surface area contributed by atoms with Crippen LogP contribution >= 0.6 is 0 Å². The molecule has 1 fully saturated rings. The van der Waals surface area contributed by atoms with Gasteiger partial charge in [-0.1, -0.05) is 60.7 Å². The first-order chi connectivity index (χ1) is 12.2. The van der Waals surface area contributed by atoms with Gasteiger partial charge in [0.15, 0.2) is 0 Å². The summed E-state index contributed by atoms with van der Waals surface area (Å²) in [7, 11) is 0. The second-order valence-electron chi connectivity index (χ2n) is 6.55. The van der Waals surface area contributed by atoms with Gasteiger partial charge in [-0.15, -0.1) is 0 Å². The zero-order chi connectivity index (χ0) is 17.5. The van der Waals surface area contributed by atoms with E-state index in [1.807, 2.05) is 60.7 Å². The maximum atomic E-state index is 14.4. The predicted octanol–water partition coefficient (Wildman–Crippen LogP) is 4.21. The highest BCUT2D eigenvalue weighted by atomic mass is 19.1. The Bertz CT molecular complexity index is 620. The van der Waals surface area contributed by atoms with E-state index in [-0.39, 0.29) is 12.7 Å². The van der Waals surface area contributed by atoms with Crippen molar-refractivity contribution in [1.82, 2.24) is 0 Å². The van der Waals surface area contributed by atoms with Crippen LogP contribution in [-0.2, 0) is 16.1 Å². The molecule has 0 amide bonds. The third-order valence-corrected chi connectivity index (χ3v) is 4.65. The number of halogens is 1. The SMILES string of the molecule is OC(CO[C@H]1CC[C@@H](OCc2ccccc2)C[C@@H]1F)c1ccccc1. The van der Waals surface area contributed by atoms with Crippen LogP contribution < -0.4 is 0 Å². The number of rotatable bonds is 7. The Balaban J connectivity index is 1.41. The van der Waals surface area contributed by atoms with Gasteiger partial charge in [-0.05, 0) is 24.0 Å². The highest BCUT2D eigenvalue weighted by Crippen LogP contribution is 2.28. The van der Waals surface area contributed by atoms with Gasteiger partial charge in [0.05, 0.1) is 25.4 Å². The fourth-order valence-corrected chi connectivity index (χ4v) is 3.17. The number of aliphatic hydroxyl groups is 1. The molecule has 3 rings (SSSR count). The van der Waals surface area contributed by atoms with Crippen LogP contribution in [0.4, 0.5) is 4.39 Å². The lowest BCUT2D eigenvalue weighted by atomic mass is 9.93. The summed E-state index contributed by atoms with van der Waals surface area (Å²) in [5.74, 6) is 0. The first-order valence-electron chi connectivity index (χ1n) is 8.86. The molecule has 0 radical (unpaired) electrons. The molecule has 2 aromatic carbocycles. The van der Waals surface area contributed by atoms with Crippen molar-refractivity contribution in [2.75, 3.05) is 6.61 Å². The standard InChI is InChI=1S/C21H25FO3/c22-19-13-18(24-14-16-7-3-1-4-8-16)11-12-21(19)25-15-20(23)17-9-5-2-6-10-17/h1-10,18-21,23H,11-15H2/t18-,19+,20?,21+/m1/s1. The lowest BCUT2D eigenvalue weighted by molar-refractivity contribution is -0.0937. The van der Waals surface area contributed by atoms with E-state index in [1.165, 1.54) is 0 Å². The monoisotopic (exact) mass is 344 g/mol. The fraction of sp³-hybridized carbons (Fsp3) is 0.429. The second-order valence-corrected chi connectivity index (χ2v) is 6.55. The molecular weight excluding hydrogens is 319 g/mol. The number of hydrogen-bond acceptors (Lipinski definition) is 3. The van der Waals surface area contributed by atoms with Crippen LogP contribution in [0.3, 0.4) is 0 Å². The van der Waals surface area contributed by atoms with Crippen LogP contribution in [0.2, 0.25) is 0 Å². The minimum absolute atomic E-state index is 0.0749. The number of ether oxygens (including phenoxy) is 2. The summed E-state index contributed by atoms with van der Waals surface area (Å²) >= 11 is 0. The Morgan fingerprint density at radius 3 is 2.32 bits per heavy atom. The molecule has 4 atom stereocenters. The summed E-state index contributed by atoms with van der Waals surface area (Å²) < 4.78 is 25.9. The molecule has 4 heteroatoms. The Labute approximate surface area is 148 Å². The van der Waals surface area contributed by atoms with E-state index in [0.29, 0.717) is 19.4 Å². The predicted molar refractivity (Wildman–Crippen MR) is 94.9 cm³/mol. The summed E-state index contributed by atoms with van der Waals surface area (Å²) in [4.78, 5) is 0. The maximum absolute atomic E-state index is 14.4. The summed E-state index contributed by atoms with van der Waals surface area (Å²) in [5, 5.41) is 10.1. The lowest BCUT2D eigenvalue weighted by Gasteiger charge is -2.32. The van der Waals surface area contributed by atoms with E-state index in [1.54, 1.807) is 0 Å². The van der Waals surface area contributed by atoms with Crippen molar-refractivity contribution in [1.29, 1.82) is 0 Å². The Kier molecular flexibility index (Phi) is 6.56. The van der Waals surface area contributed by atoms with E-state index in [0.717, 1.165) is 17.5 Å². The minimum Gasteiger partial charge on any atom is -0.386 e. The van der Waals surface area contributed by atoms with Crippen molar-refractivity contribution >= 4 is 0 Å². The molecule has 0 heterocycles. The zero-order valence-corrected chi connectivity index (χ0v) is 14.3. The smallest absolute Gasteiger partial charge is 0.129 e. The molecule has 134 valence electrons. The molecule has 1 aliphatic carbocycles. The zero-order valence-electron chi connectivity index (χ0n) is 14.3. The Hall–Kier alpha value is -1.75. The lowest BCUT2D eigenvalue weighted by Crippen LogP contribution is -2.37. The van der Waals surface area contributed by atoms with Crippen molar-refractivity contribution in [3.05, 3.63) is 71.8 Å². The van der Waals surface area contributed by atoms with Crippen LogP contribution in [0.5, 0.6) is 0 Å². The third kappa shape index (κ3) is 5.36. The van der Waals surface area contributed by atoms with Crippen LogP contribution in [0.25, 0.3) is 0 Å².